The Balaban J connectivity index is 1.79. The number of unbranched alkanes of at least 4 members (excludes halogenated alkanes) is 1. The van der Waals surface area contributed by atoms with Gasteiger partial charge in [-0.3, -0.25) is 0 Å². The minimum atomic E-state index is -0.133. The number of hydrogen-bond donors (Lipinski definition) is 0. The van der Waals surface area contributed by atoms with Crippen molar-refractivity contribution in [1.29, 1.82) is 0 Å². The van der Waals surface area contributed by atoms with Crippen molar-refractivity contribution in [2.45, 2.75) is 52.1 Å². The van der Waals surface area contributed by atoms with Crippen LogP contribution in [0.5, 0.6) is 0 Å². The Morgan fingerprint density at radius 2 is 1.91 bits per heavy atom. The molecule has 0 aromatic heterocycles. The zero-order chi connectivity index (χ0) is 15.6. The summed E-state index contributed by atoms with van der Waals surface area (Å²) in [7, 11) is 0. The van der Waals surface area contributed by atoms with Gasteiger partial charge in [0.25, 0.3) is 0 Å². The van der Waals surface area contributed by atoms with E-state index in [4.69, 9.17) is 14.2 Å². The quantitative estimate of drug-likeness (QED) is 0.636. The van der Waals surface area contributed by atoms with Gasteiger partial charge in [0.15, 0.2) is 6.29 Å². The number of benzene rings is 1. The van der Waals surface area contributed by atoms with Gasteiger partial charge in [-0.15, -0.1) is 0 Å². The molecule has 1 aromatic carbocycles. The fraction of sp³-hybridized carbons (Fsp3) is 0.579. The summed E-state index contributed by atoms with van der Waals surface area (Å²) in [6.07, 6.45) is 7.75. The van der Waals surface area contributed by atoms with Crippen molar-refractivity contribution >= 4 is 0 Å². The lowest BCUT2D eigenvalue weighted by atomic mass is 9.98. The first kappa shape index (κ1) is 17.2. The predicted molar refractivity (Wildman–Crippen MR) is 88.5 cm³/mol. The van der Waals surface area contributed by atoms with Gasteiger partial charge in [0.2, 0.25) is 0 Å². The van der Waals surface area contributed by atoms with Gasteiger partial charge in [0.05, 0.1) is 13.2 Å². The average molecular weight is 304 g/mol. The summed E-state index contributed by atoms with van der Waals surface area (Å²) in [6.45, 7) is 6.09. The molecule has 0 aliphatic carbocycles. The van der Waals surface area contributed by atoms with Crippen LogP contribution in [0.3, 0.4) is 0 Å². The first-order chi connectivity index (χ1) is 10.8. The first-order valence-corrected chi connectivity index (χ1v) is 8.40. The maximum Gasteiger partial charge on any atom is 0.164 e. The molecule has 2 rings (SSSR count). The molecule has 0 amide bonds. The molecule has 0 radical (unpaired) electrons. The molecule has 122 valence electrons. The predicted octanol–water partition coefficient (Wildman–Crippen LogP) is 4.33. The fourth-order valence-electron chi connectivity index (χ4n) is 2.64. The van der Waals surface area contributed by atoms with Crippen LogP contribution in [-0.4, -0.2) is 25.6 Å². The van der Waals surface area contributed by atoms with Crippen LogP contribution in [0.25, 0.3) is 0 Å². The highest BCUT2D eigenvalue weighted by Crippen LogP contribution is 2.25. The molecule has 1 aliphatic heterocycles. The second-order valence-corrected chi connectivity index (χ2v) is 5.69. The van der Waals surface area contributed by atoms with Gasteiger partial charge < -0.3 is 14.2 Å². The second kappa shape index (κ2) is 9.78. The third kappa shape index (κ3) is 5.56. The Labute approximate surface area is 134 Å². The SMILES string of the molecule is CCCC[C@@H]1C=C[C@H](COCc2ccccc2)O[C@H]1OCC. The highest BCUT2D eigenvalue weighted by atomic mass is 16.7. The topological polar surface area (TPSA) is 27.7 Å². The van der Waals surface area contributed by atoms with Crippen LogP contribution in [0, 0.1) is 5.92 Å². The summed E-state index contributed by atoms with van der Waals surface area (Å²) in [5.74, 6) is 0.366. The molecule has 3 nitrogen and oxygen atoms in total. The van der Waals surface area contributed by atoms with Crippen molar-refractivity contribution in [3.05, 3.63) is 48.0 Å². The van der Waals surface area contributed by atoms with E-state index in [0.717, 1.165) is 6.42 Å². The largest absolute Gasteiger partial charge is 0.374 e. The Morgan fingerprint density at radius 3 is 2.64 bits per heavy atom. The highest BCUT2D eigenvalue weighted by molar-refractivity contribution is 5.13. The molecule has 0 unspecified atom stereocenters. The van der Waals surface area contributed by atoms with Gasteiger partial charge in [-0.05, 0) is 18.9 Å². The minimum absolute atomic E-state index is 0.0156. The minimum Gasteiger partial charge on any atom is -0.374 e. The molecule has 3 heteroatoms. The molecule has 0 spiro atoms. The third-order valence-electron chi connectivity index (χ3n) is 3.85. The molecule has 0 saturated heterocycles. The van der Waals surface area contributed by atoms with Crippen LogP contribution in [-0.2, 0) is 20.8 Å². The van der Waals surface area contributed by atoms with Crippen LogP contribution >= 0.6 is 0 Å². The molecular weight excluding hydrogens is 276 g/mol. The van der Waals surface area contributed by atoms with Crippen LogP contribution in [0.1, 0.15) is 38.7 Å². The zero-order valence-corrected chi connectivity index (χ0v) is 13.7. The van der Waals surface area contributed by atoms with Gasteiger partial charge in [-0.25, -0.2) is 0 Å². The molecule has 0 fully saturated rings. The van der Waals surface area contributed by atoms with Crippen molar-refractivity contribution in [2.75, 3.05) is 13.2 Å². The van der Waals surface area contributed by atoms with E-state index in [1.54, 1.807) is 0 Å². The lowest BCUT2D eigenvalue weighted by Crippen LogP contribution is -2.35. The summed E-state index contributed by atoms with van der Waals surface area (Å²) in [5, 5.41) is 0. The third-order valence-corrected chi connectivity index (χ3v) is 3.85. The van der Waals surface area contributed by atoms with Crippen LogP contribution in [0.15, 0.2) is 42.5 Å². The van der Waals surface area contributed by atoms with Crippen LogP contribution < -0.4 is 0 Å². The number of rotatable bonds is 9. The van der Waals surface area contributed by atoms with Crippen molar-refractivity contribution in [2.24, 2.45) is 5.92 Å². The van der Waals surface area contributed by atoms with Gasteiger partial charge in [0.1, 0.15) is 6.10 Å². The van der Waals surface area contributed by atoms with E-state index in [-0.39, 0.29) is 12.4 Å². The van der Waals surface area contributed by atoms with E-state index >= 15 is 0 Å². The van der Waals surface area contributed by atoms with E-state index in [1.165, 1.54) is 18.4 Å². The smallest absolute Gasteiger partial charge is 0.164 e. The molecule has 0 bridgehead atoms. The highest BCUT2D eigenvalue weighted by Gasteiger charge is 2.27. The van der Waals surface area contributed by atoms with Crippen LogP contribution in [0.2, 0.25) is 0 Å². The van der Waals surface area contributed by atoms with E-state index in [9.17, 15) is 0 Å². The fourth-order valence-corrected chi connectivity index (χ4v) is 2.64. The normalized spacial score (nSPS) is 24.5. The average Bonchev–Trinajstić information content (AvgIpc) is 2.55. The van der Waals surface area contributed by atoms with E-state index in [2.05, 4.69) is 31.2 Å². The van der Waals surface area contributed by atoms with Crippen molar-refractivity contribution in [3.63, 3.8) is 0 Å². The van der Waals surface area contributed by atoms with Crippen molar-refractivity contribution < 1.29 is 14.2 Å². The van der Waals surface area contributed by atoms with E-state index < -0.39 is 0 Å². The van der Waals surface area contributed by atoms with Gasteiger partial charge in [-0.2, -0.15) is 0 Å². The molecule has 1 aromatic rings. The Morgan fingerprint density at radius 1 is 1.09 bits per heavy atom. The summed E-state index contributed by atoms with van der Waals surface area (Å²) < 4.78 is 17.6. The van der Waals surface area contributed by atoms with Crippen molar-refractivity contribution in [3.8, 4) is 0 Å². The lowest BCUT2D eigenvalue weighted by molar-refractivity contribution is -0.195. The summed E-state index contributed by atoms with van der Waals surface area (Å²) >= 11 is 0. The standard InChI is InChI=1S/C19H28O3/c1-3-5-11-17-12-13-18(22-19(17)21-4-2)15-20-14-16-9-7-6-8-10-16/h6-10,12-13,17-19H,3-5,11,14-15H2,1-2H3/t17-,18-,19-/m1/s1. The Hall–Kier alpha value is -1.16. The van der Waals surface area contributed by atoms with Crippen LogP contribution in [0.4, 0.5) is 0 Å². The van der Waals surface area contributed by atoms with E-state index in [1.807, 2.05) is 25.1 Å². The van der Waals surface area contributed by atoms with Crippen molar-refractivity contribution in [1.82, 2.24) is 0 Å². The maximum absolute atomic E-state index is 6.04. The summed E-state index contributed by atoms with van der Waals surface area (Å²) in [6, 6.07) is 10.2. The molecular formula is C19H28O3. The Bertz CT molecular complexity index is 430. The van der Waals surface area contributed by atoms with Gasteiger partial charge >= 0.3 is 0 Å². The monoisotopic (exact) mass is 304 g/mol. The maximum atomic E-state index is 6.04. The molecule has 3 atom stereocenters. The number of ether oxygens (including phenoxy) is 3. The van der Waals surface area contributed by atoms with Gasteiger partial charge in [-0.1, -0.05) is 62.2 Å². The summed E-state index contributed by atoms with van der Waals surface area (Å²) in [5.41, 5.74) is 1.18. The second-order valence-electron chi connectivity index (χ2n) is 5.69. The van der Waals surface area contributed by atoms with E-state index in [0.29, 0.717) is 25.7 Å². The molecule has 1 heterocycles. The zero-order valence-electron chi connectivity index (χ0n) is 13.7. The molecule has 0 saturated carbocycles. The summed E-state index contributed by atoms with van der Waals surface area (Å²) in [4.78, 5) is 0. The number of hydrogen-bond acceptors (Lipinski definition) is 3. The molecule has 1 aliphatic rings. The molecule has 0 N–H and O–H groups in total. The molecule has 22 heavy (non-hydrogen) atoms. The van der Waals surface area contributed by atoms with Gasteiger partial charge in [0, 0.05) is 12.5 Å². The first-order valence-electron chi connectivity index (χ1n) is 8.40. The lowest BCUT2D eigenvalue weighted by Gasteiger charge is -2.32. The Kier molecular flexibility index (Phi) is 7.64.